The molecule has 6 heteroatoms. The van der Waals surface area contributed by atoms with Crippen LogP contribution in [-0.4, -0.2) is 27.3 Å². The third-order valence-electron chi connectivity index (χ3n) is 3.08. The molecule has 1 aromatic carbocycles. The zero-order valence-corrected chi connectivity index (χ0v) is 10.0. The Kier molecular flexibility index (Phi) is 3.34. The van der Waals surface area contributed by atoms with Gasteiger partial charge in [-0.1, -0.05) is 12.1 Å². The van der Waals surface area contributed by atoms with Crippen molar-refractivity contribution in [1.29, 1.82) is 0 Å². The molecule has 6 nitrogen and oxygen atoms in total. The van der Waals surface area contributed by atoms with E-state index >= 15 is 0 Å². The smallest absolute Gasteiger partial charge is 0.341 e. The highest BCUT2D eigenvalue weighted by Crippen LogP contribution is 2.40. The fraction of sp³-hybridized carbons (Fsp3) is 0.333. The number of rotatable bonds is 4. The van der Waals surface area contributed by atoms with Gasteiger partial charge in [-0.05, 0) is 31.5 Å². The van der Waals surface area contributed by atoms with Crippen LogP contribution < -0.4 is 5.73 Å². The van der Waals surface area contributed by atoms with E-state index in [1.807, 2.05) is 0 Å². The van der Waals surface area contributed by atoms with Crippen LogP contribution in [0.1, 0.15) is 19.4 Å². The van der Waals surface area contributed by atoms with Gasteiger partial charge >= 0.3 is 11.9 Å². The van der Waals surface area contributed by atoms with Gasteiger partial charge in [-0.2, -0.15) is 0 Å². The molecule has 1 rings (SSSR count). The second-order valence-electron chi connectivity index (χ2n) is 4.57. The molecule has 0 aliphatic rings. The van der Waals surface area contributed by atoms with E-state index in [1.54, 1.807) is 0 Å². The average Bonchev–Trinajstić information content (AvgIpc) is 2.28. The lowest BCUT2D eigenvalue weighted by atomic mass is 9.70. The molecule has 0 aliphatic carbocycles. The first-order valence-electron chi connectivity index (χ1n) is 5.19. The van der Waals surface area contributed by atoms with E-state index in [0.717, 1.165) is 13.8 Å². The number of aliphatic hydroxyl groups is 1. The quantitative estimate of drug-likeness (QED) is 0.585. The summed E-state index contributed by atoms with van der Waals surface area (Å²) in [5, 5.41) is 28.6. The summed E-state index contributed by atoms with van der Waals surface area (Å²) in [5.41, 5.74) is 1.40. The van der Waals surface area contributed by atoms with Gasteiger partial charge in [-0.15, -0.1) is 0 Å². The molecule has 98 valence electrons. The van der Waals surface area contributed by atoms with E-state index in [9.17, 15) is 19.8 Å². The van der Waals surface area contributed by atoms with E-state index in [4.69, 9.17) is 10.8 Å². The normalized spacial score (nSPS) is 14.8. The molecule has 0 saturated heterocycles. The van der Waals surface area contributed by atoms with Crippen molar-refractivity contribution >= 4 is 17.6 Å². The molecule has 1 atom stereocenters. The highest BCUT2D eigenvalue weighted by Gasteiger charge is 2.56. The molecule has 0 saturated carbocycles. The number of aliphatic carboxylic acids is 2. The Hall–Kier alpha value is -2.08. The van der Waals surface area contributed by atoms with Gasteiger partial charge in [0.05, 0.1) is 0 Å². The van der Waals surface area contributed by atoms with Gasteiger partial charge in [0, 0.05) is 5.69 Å². The van der Waals surface area contributed by atoms with Crippen molar-refractivity contribution in [1.82, 2.24) is 0 Å². The van der Waals surface area contributed by atoms with E-state index in [0.29, 0.717) is 5.69 Å². The molecule has 1 unspecified atom stereocenters. The zero-order chi connectivity index (χ0) is 14.1. The summed E-state index contributed by atoms with van der Waals surface area (Å²) in [6.07, 6.45) is 0. The van der Waals surface area contributed by atoms with E-state index < -0.39 is 23.0 Å². The first kappa shape index (κ1) is 14.0. The fourth-order valence-electron chi connectivity index (χ4n) is 1.63. The van der Waals surface area contributed by atoms with Crippen LogP contribution in [0.2, 0.25) is 0 Å². The minimum atomic E-state index is -2.54. The molecule has 0 spiro atoms. The monoisotopic (exact) mass is 253 g/mol. The number of anilines is 1. The van der Waals surface area contributed by atoms with E-state index in [2.05, 4.69) is 0 Å². The van der Waals surface area contributed by atoms with Gasteiger partial charge in [-0.25, -0.2) is 4.79 Å². The Labute approximate surface area is 104 Å². The number of carbonyl (C=O) groups is 2. The lowest BCUT2D eigenvalue weighted by Gasteiger charge is -2.36. The average molecular weight is 253 g/mol. The molecule has 0 radical (unpaired) electrons. The number of hydrogen-bond acceptors (Lipinski definition) is 4. The van der Waals surface area contributed by atoms with Crippen LogP contribution in [0.15, 0.2) is 24.3 Å². The summed E-state index contributed by atoms with van der Waals surface area (Å²) in [6.45, 7) is 2.31. The molecule has 0 fully saturated rings. The summed E-state index contributed by atoms with van der Waals surface area (Å²) < 4.78 is 0. The van der Waals surface area contributed by atoms with Gasteiger partial charge in [0.1, 0.15) is 5.41 Å². The molecule has 0 amide bonds. The van der Waals surface area contributed by atoms with E-state index in [-0.39, 0.29) is 5.56 Å². The Morgan fingerprint density at radius 1 is 1.06 bits per heavy atom. The predicted molar refractivity (Wildman–Crippen MR) is 63.8 cm³/mol. The molecule has 5 N–H and O–H groups in total. The Morgan fingerprint density at radius 2 is 1.50 bits per heavy atom. The summed E-state index contributed by atoms with van der Waals surface area (Å²) in [5.74, 6) is -3.04. The fourth-order valence-corrected chi connectivity index (χ4v) is 1.63. The van der Waals surface area contributed by atoms with Crippen molar-refractivity contribution < 1.29 is 24.9 Å². The summed E-state index contributed by atoms with van der Waals surface area (Å²) in [7, 11) is 0. The van der Waals surface area contributed by atoms with Crippen molar-refractivity contribution in [2.24, 2.45) is 5.41 Å². The highest BCUT2D eigenvalue weighted by atomic mass is 16.4. The number of carboxylic acid groups (broad SMARTS) is 2. The Balaban J connectivity index is 3.46. The van der Waals surface area contributed by atoms with Gasteiger partial charge < -0.3 is 21.1 Å². The second kappa shape index (κ2) is 4.30. The minimum Gasteiger partial charge on any atom is -0.481 e. The lowest BCUT2D eigenvalue weighted by molar-refractivity contribution is -0.187. The van der Waals surface area contributed by atoms with Gasteiger partial charge in [-0.3, -0.25) is 4.79 Å². The van der Waals surface area contributed by atoms with Crippen LogP contribution in [0.5, 0.6) is 0 Å². The molecule has 1 aromatic rings. The molecular formula is C12H15NO5. The van der Waals surface area contributed by atoms with Gasteiger partial charge in [0.2, 0.25) is 5.60 Å². The van der Waals surface area contributed by atoms with Crippen LogP contribution in [0.3, 0.4) is 0 Å². The summed E-state index contributed by atoms with van der Waals surface area (Å²) in [6, 6.07) is 5.41. The van der Waals surface area contributed by atoms with Crippen LogP contribution >= 0.6 is 0 Å². The summed E-state index contributed by atoms with van der Waals surface area (Å²) >= 11 is 0. The third kappa shape index (κ3) is 1.91. The summed E-state index contributed by atoms with van der Waals surface area (Å²) in [4.78, 5) is 22.5. The second-order valence-corrected chi connectivity index (χ2v) is 4.57. The molecule has 0 bridgehead atoms. The maximum atomic E-state index is 11.3. The van der Waals surface area contributed by atoms with Crippen molar-refractivity contribution in [3.8, 4) is 0 Å². The van der Waals surface area contributed by atoms with Gasteiger partial charge in [0.25, 0.3) is 0 Å². The van der Waals surface area contributed by atoms with Crippen LogP contribution in [-0.2, 0) is 15.2 Å². The van der Waals surface area contributed by atoms with Gasteiger partial charge in [0.15, 0.2) is 0 Å². The van der Waals surface area contributed by atoms with Crippen molar-refractivity contribution in [2.45, 2.75) is 19.4 Å². The van der Waals surface area contributed by atoms with Crippen LogP contribution in [0.4, 0.5) is 5.69 Å². The lowest BCUT2D eigenvalue weighted by Crippen LogP contribution is -2.52. The molecule has 0 aliphatic heterocycles. The number of nitrogen functional groups attached to an aromatic ring is 1. The SMILES string of the molecule is CC(C)(C(=O)O)C(O)(C(=O)O)c1ccc(N)cc1. The van der Waals surface area contributed by atoms with Crippen molar-refractivity contribution in [3.05, 3.63) is 29.8 Å². The predicted octanol–water partition coefficient (Wildman–Crippen LogP) is 0.652. The van der Waals surface area contributed by atoms with Crippen LogP contribution in [0, 0.1) is 5.41 Å². The third-order valence-corrected chi connectivity index (χ3v) is 3.08. The molecule has 0 aromatic heterocycles. The first-order chi connectivity index (χ1) is 8.14. The number of carboxylic acids is 2. The number of nitrogens with two attached hydrogens (primary N) is 1. The Bertz CT molecular complexity index is 480. The number of hydrogen-bond donors (Lipinski definition) is 4. The number of benzene rings is 1. The molecule has 18 heavy (non-hydrogen) atoms. The van der Waals surface area contributed by atoms with Crippen molar-refractivity contribution in [3.63, 3.8) is 0 Å². The largest absolute Gasteiger partial charge is 0.481 e. The molecule has 0 heterocycles. The van der Waals surface area contributed by atoms with E-state index in [1.165, 1.54) is 24.3 Å². The minimum absolute atomic E-state index is 0.0309. The Morgan fingerprint density at radius 3 is 1.83 bits per heavy atom. The standard InChI is InChI=1S/C12H15NO5/c1-11(2,9(14)15)12(18,10(16)17)7-3-5-8(13)6-4-7/h3-6,18H,13H2,1-2H3,(H,14,15)(H,16,17). The maximum absolute atomic E-state index is 11.3. The maximum Gasteiger partial charge on any atom is 0.341 e. The zero-order valence-electron chi connectivity index (χ0n) is 10.0. The topological polar surface area (TPSA) is 121 Å². The van der Waals surface area contributed by atoms with Crippen LogP contribution in [0.25, 0.3) is 0 Å². The van der Waals surface area contributed by atoms with Crippen molar-refractivity contribution in [2.75, 3.05) is 5.73 Å². The highest BCUT2D eigenvalue weighted by molar-refractivity contribution is 5.89. The molecular weight excluding hydrogens is 238 g/mol. The first-order valence-corrected chi connectivity index (χ1v) is 5.19.